The second-order valence-electron chi connectivity index (χ2n) is 18.0. The lowest BCUT2D eigenvalue weighted by molar-refractivity contribution is 0.122. The molecule has 5 heteroatoms. The minimum atomic E-state index is -2.37. The maximum Gasteiger partial charge on any atom is 0.500 e. The summed E-state index contributed by atoms with van der Waals surface area (Å²) < 4.78 is 16.6. The number of benzene rings is 2. The Balaban J connectivity index is 0.000000294. The van der Waals surface area contributed by atoms with Crippen LogP contribution in [0.25, 0.3) is 0 Å². The minimum absolute atomic E-state index is 0. The highest BCUT2D eigenvalue weighted by molar-refractivity contribution is 14.0. The topological polar surface area (TPSA) is 27.7 Å². The molecule has 4 saturated carbocycles. The number of aryl methyl sites for hydroxylation is 2. The van der Waals surface area contributed by atoms with Gasteiger partial charge in [0, 0.05) is 27.4 Å². The van der Waals surface area contributed by atoms with E-state index in [2.05, 4.69) is 75.0 Å². The molecule has 0 aliphatic heterocycles. The van der Waals surface area contributed by atoms with Crippen molar-refractivity contribution in [1.29, 1.82) is 0 Å². The van der Waals surface area contributed by atoms with Crippen LogP contribution in [0, 0.1) is 49.4 Å². The van der Waals surface area contributed by atoms with Crippen molar-refractivity contribution in [3.63, 3.8) is 0 Å². The van der Waals surface area contributed by atoms with E-state index in [4.69, 9.17) is 13.3 Å². The Bertz CT molecular complexity index is 1270. The van der Waals surface area contributed by atoms with Crippen molar-refractivity contribution in [2.45, 2.75) is 174 Å². The molecular formula is C50H83IO3Si. The lowest BCUT2D eigenvalue weighted by Gasteiger charge is -2.38. The van der Waals surface area contributed by atoms with Crippen LogP contribution >= 0.6 is 24.0 Å². The third-order valence-electron chi connectivity index (χ3n) is 14.8. The molecule has 0 unspecified atom stereocenters. The van der Waals surface area contributed by atoms with E-state index >= 15 is 0 Å². The number of hydrogen-bond acceptors (Lipinski definition) is 3. The van der Waals surface area contributed by atoms with Gasteiger partial charge in [0.1, 0.15) is 0 Å². The van der Waals surface area contributed by atoms with E-state index in [1.54, 1.807) is 32.5 Å². The second kappa shape index (κ2) is 25.5. The maximum absolute atomic E-state index is 5.54. The second-order valence-corrected chi connectivity index (χ2v) is 21.1. The summed E-state index contributed by atoms with van der Waals surface area (Å²) in [6.45, 7) is 8.24. The molecule has 312 valence electrons. The van der Waals surface area contributed by atoms with Crippen LogP contribution < -0.4 is 0 Å². The number of unbranched alkanes of at least 4 members (excludes halogenated alkanes) is 1. The highest BCUT2D eigenvalue weighted by atomic mass is 127. The maximum atomic E-state index is 5.54. The molecule has 4 aliphatic carbocycles. The van der Waals surface area contributed by atoms with E-state index in [0.717, 1.165) is 59.8 Å². The zero-order valence-electron chi connectivity index (χ0n) is 35.2. The molecule has 0 radical (unpaired) electrons. The number of hydrogen-bond donors (Lipinski definition) is 0. The van der Waals surface area contributed by atoms with Gasteiger partial charge in [-0.25, -0.2) is 0 Å². The van der Waals surface area contributed by atoms with Crippen LogP contribution in [0.15, 0.2) is 61.2 Å². The minimum Gasteiger partial charge on any atom is -0.377 e. The number of allylic oxidation sites excluding steroid dienone is 1. The fourth-order valence-electron chi connectivity index (χ4n) is 11.1. The third kappa shape index (κ3) is 15.0. The van der Waals surface area contributed by atoms with Gasteiger partial charge in [0.25, 0.3) is 0 Å². The molecule has 2 aromatic carbocycles. The van der Waals surface area contributed by atoms with Crippen LogP contribution in [-0.4, -0.2) is 30.1 Å². The SMILES string of the molecule is C.C=CCCC1CCC(C2CCC(c3ccc(C)cc3)CC2)CC1.CO[Si](CCCCC1CCC(C2CCC(c3ccc(C)cc3)CC2)CC1)(OC)OC.I. The van der Waals surface area contributed by atoms with Gasteiger partial charge in [-0.2, -0.15) is 0 Å². The molecule has 6 rings (SSSR count). The largest absolute Gasteiger partial charge is 0.500 e. The molecule has 0 amide bonds. The van der Waals surface area contributed by atoms with Gasteiger partial charge in [0.05, 0.1) is 0 Å². The first-order valence-electron chi connectivity index (χ1n) is 22.2. The first-order chi connectivity index (χ1) is 25.8. The van der Waals surface area contributed by atoms with Crippen molar-refractivity contribution in [1.82, 2.24) is 0 Å². The molecular weight excluding hydrogens is 804 g/mol. The lowest BCUT2D eigenvalue weighted by atomic mass is 9.68. The summed E-state index contributed by atoms with van der Waals surface area (Å²) in [4.78, 5) is 0. The van der Waals surface area contributed by atoms with Crippen LogP contribution in [0.2, 0.25) is 6.04 Å². The van der Waals surface area contributed by atoms with Crippen LogP contribution in [-0.2, 0) is 13.3 Å². The fraction of sp³-hybridized carbons (Fsp3) is 0.720. The normalized spacial score (nSPS) is 28.5. The molecule has 0 spiro atoms. The number of rotatable bonds is 15. The molecule has 55 heavy (non-hydrogen) atoms. The van der Waals surface area contributed by atoms with Crippen molar-refractivity contribution >= 4 is 32.8 Å². The summed E-state index contributed by atoms with van der Waals surface area (Å²) in [6.07, 6.45) is 31.8. The Kier molecular flexibility index (Phi) is 22.4. The summed E-state index contributed by atoms with van der Waals surface area (Å²) in [5.41, 5.74) is 5.92. The molecule has 0 aromatic heterocycles. The Morgan fingerprint density at radius 1 is 0.527 bits per heavy atom. The quantitative estimate of drug-likeness (QED) is 0.0772. The zero-order chi connectivity index (χ0) is 37.5. The van der Waals surface area contributed by atoms with Gasteiger partial charge in [-0.15, -0.1) is 30.6 Å². The molecule has 4 aliphatic rings. The van der Waals surface area contributed by atoms with Gasteiger partial charge in [0.2, 0.25) is 0 Å². The molecule has 4 fully saturated rings. The fourth-order valence-corrected chi connectivity index (χ4v) is 12.9. The van der Waals surface area contributed by atoms with Crippen LogP contribution in [0.1, 0.15) is 176 Å². The Hall–Kier alpha value is -0.993. The molecule has 2 aromatic rings. The molecule has 0 saturated heterocycles. The molecule has 0 atom stereocenters. The Morgan fingerprint density at radius 2 is 0.873 bits per heavy atom. The van der Waals surface area contributed by atoms with Gasteiger partial charge < -0.3 is 13.3 Å². The van der Waals surface area contributed by atoms with Crippen LogP contribution in [0.4, 0.5) is 0 Å². The van der Waals surface area contributed by atoms with E-state index in [0.29, 0.717) is 0 Å². The Labute approximate surface area is 358 Å². The van der Waals surface area contributed by atoms with Crippen molar-refractivity contribution in [3.8, 4) is 0 Å². The van der Waals surface area contributed by atoms with Gasteiger partial charge in [-0.3, -0.25) is 0 Å². The van der Waals surface area contributed by atoms with Gasteiger partial charge in [-0.1, -0.05) is 112 Å². The third-order valence-corrected chi connectivity index (χ3v) is 17.6. The standard InChI is InChI=1S/C26H44O3Si.C23H34.CH4.HI/c1-21-8-12-23(13-9-21)25-16-18-26(19-17-25)24-14-10-22(11-15-24)7-5-6-20-30(27-2,28-3)29-4;1-3-4-5-19-8-12-21(13-9-19)23-16-14-22(15-17-23)20-10-6-18(2)7-11-20;;/h8-9,12-13,22,24-26H,5-7,10-11,14-20H2,1-4H3;3,6-7,10-11,19,21-23H,1,4-5,8-9,12-17H2,2H3;1H4;1H. The summed E-state index contributed by atoms with van der Waals surface area (Å²) in [6, 6.07) is 19.5. The smallest absolute Gasteiger partial charge is 0.377 e. The number of halogens is 1. The monoisotopic (exact) mass is 887 g/mol. The predicted octanol–water partition coefficient (Wildman–Crippen LogP) is 15.4. The molecule has 0 bridgehead atoms. The summed E-state index contributed by atoms with van der Waals surface area (Å²) in [5.74, 6) is 7.61. The summed E-state index contributed by atoms with van der Waals surface area (Å²) in [7, 11) is 2.78. The summed E-state index contributed by atoms with van der Waals surface area (Å²) >= 11 is 0. The van der Waals surface area contributed by atoms with Crippen LogP contribution in [0.5, 0.6) is 0 Å². The summed E-state index contributed by atoms with van der Waals surface area (Å²) in [5, 5.41) is 0. The van der Waals surface area contributed by atoms with Gasteiger partial charge in [0.15, 0.2) is 0 Å². The van der Waals surface area contributed by atoms with Crippen molar-refractivity contribution < 1.29 is 13.3 Å². The molecule has 0 heterocycles. The van der Waals surface area contributed by atoms with Crippen molar-refractivity contribution in [2.75, 3.05) is 21.3 Å². The highest BCUT2D eigenvalue weighted by Gasteiger charge is 2.37. The predicted molar refractivity (Wildman–Crippen MR) is 250 cm³/mol. The van der Waals surface area contributed by atoms with Crippen LogP contribution in [0.3, 0.4) is 0 Å². The molecule has 3 nitrogen and oxygen atoms in total. The highest BCUT2D eigenvalue weighted by Crippen LogP contribution is 2.46. The van der Waals surface area contributed by atoms with Crippen molar-refractivity contribution in [2.24, 2.45) is 35.5 Å². The van der Waals surface area contributed by atoms with E-state index in [1.165, 1.54) is 140 Å². The van der Waals surface area contributed by atoms with E-state index in [9.17, 15) is 0 Å². The van der Waals surface area contributed by atoms with E-state index in [1.807, 2.05) is 0 Å². The lowest BCUT2D eigenvalue weighted by Crippen LogP contribution is -2.42. The van der Waals surface area contributed by atoms with Gasteiger partial charge in [-0.05, 0) is 169 Å². The van der Waals surface area contributed by atoms with E-state index < -0.39 is 8.80 Å². The van der Waals surface area contributed by atoms with Crippen molar-refractivity contribution in [3.05, 3.63) is 83.4 Å². The zero-order valence-corrected chi connectivity index (χ0v) is 38.5. The Morgan fingerprint density at radius 3 is 1.22 bits per heavy atom. The average Bonchev–Trinajstić information content (AvgIpc) is 3.22. The first-order valence-corrected chi connectivity index (χ1v) is 24.2. The average molecular weight is 887 g/mol. The first kappa shape index (κ1) is 48.4. The van der Waals surface area contributed by atoms with E-state index in [-0.39, 0.29) is 31.4 Å². The van der Waals surface area contributed by atoms with Gasteiger partial charge >= 0.3 is 8.80 Å². The molecule has 0 N–H and O–H groups in total.